The molecule has 2 amide bonds. The summed E-state index contributed by atoms with van der Waals surface area (Å²) in [4.78, 5) is 18.5. The molecule has 0 saturated carbocycles. The van der Waals surface area contributed by atoms with Crippen molar-refractivity contribution in [3.63, 3.8) is 0 Å². The first-order chi connectivity index (χ1) is 10.7. The SMILES string of the molecule is COC[C@@H]1CCCN1C(=O)NCc1nc2c(C)cccc2o1. The fourth-order valence-electron chi connectivity index (χ4n) is 2.93. The third-order valence-corrected chi connectivity index (χ3v) is 4.05. The normalized spacial score (nSPS) is 18.1. The zero-order chi connectivity index (χ0) is 15.5. The van der Waals surface area contributed by atoms with Gasteiger partial charge < -0.3 is 19.4 Å². The Morgan fingerprint density at radius 2 is 2.41 bits per heavy atom. The molecule has 1 aromatic carbocycles. The van der Waals surface area contributed by atoms with E-state index >= 15 is 0 Å². The highest BCUT2D eigenvalue weighted by atomic mass is 16.5. The third-order valence-electron chi connectivity index (χ3n) is 4.05. The minimum Gasteiger partial charge on any atom is -0.439 e. The molecule has 0 aliphatic carbocycles. The van der Waals surface area contributed by atoms with Crippen LogP contribution in [0.2, 0.25) is 0 Å². The summed E-state index contributed by atoms with van der Waals surface area (Å²) in [6.45, 7) is 3.64. The molecule has 6 heteroatoms. The van der Waals surface area contributed by atoms with Crippen LogP contribution in [0, 0.1) is 6.92 Å². The van der Waals surface area contributed by atoms with E-state index in [4.69, 9.17) is 9.15 Å². The molecule has 22 heavy (non-hydrogen) atoms. The molecule has 0 unspecified atom stereocenters. The summed E-state index contributed by atoms with van der Waals surface area (Å²) in [7, 11) is 1.66. The lowest BCUT2D eigenvalue weighted by Gasteiger charge is -2.23. The van der Waals surface area contributed by atoms with Gasteiger partial charge in [0, 0.05) is 13.7 Å². The number of oxazole rings is 1. The Morgan fingerprint density at radius 1 is 1.55 bits per heavy atom. The van der Waals surface area contributed by atoms with Crippen molar-refractivity contribution in [2.75, 3.05) is 20.3 Å². The topological polar surface area (TPSA) is 67.6 Å². The molecule has 1 fully saturated rings. The first kappa shape index (κ1) is 14.8. The number of methoxy groups -OCH3 is 1. The van der Waals surface area contributed by atoms with Crippen molar-refractivity contribution in [2.45, 2.75) is 32.4 Å². The van der Waals surface area contributed by atoms with E-state index in [1.54, 1.807) is 7.11 Å². The number of ether oxygens (including phenoxy) is 1. The summed E-state index contributed by atoms with van der Waals surface area (Å²) >= 11 is 0. The maximum absolute atomic E-state index is 12.3. The molecule has 1 aliphatic heterocycles. The van der Waals surface area contributed by atoms with Gasteiger partial charge in [0.1, 0.15) is 5.52 Å². The van der Waals surface area contributed by atoms with Gasteiger partial charge in [-0.1, -0.05) is 12.1 Å². The molecule has 1 N–H and O–H groups in total. The maximum atomic E-state index is 12.3. The van der Waals surface area contributed by atoms with Crippen molar-refractivity contribution in [2.24, 2.45) is 0 Å². The van der Waals surface area contributed by atoms with Gasteiger partial charge >= 0.3 is 6.03 Å². The Morgan fingerprint density at radius 3 is 3.18 bits per heavy atom. The molecule has 118 valence electrons. The first-order valence-electron chi connectivity index (χ1n) is 7.57. The second-order valence-corrected chi connectivity index (χ2v) is 5.63. The van der Waals surface area contributed by atoms with Gasteiger partial charge in [0.15, 0.2) is 5.58 Å². The number of para-hydroxylation sites is 1. The van der Waals surface area contributed by atoms with Crippen molar-refractivity contribution in [3.05, 3.63) is 29.7 Å². The van der Waals surface area contributed by atoms with Gasteiger partial charge in [-0.05, 0) is 31.4 Å². The molecule has 1 saturated heterocycles. The largest absolute Gasteiger partial charge is 0.439 e. The monoisotopic (exact) mass is 303 g/mol. The van der Waals surface area contributed by atoms with Crippen LogP contribution in [0.5, 0.6) is 0 Å². The van der Waals surface area contributed by atoms with E-state index < -0.39 is 0 Å². The molecule has 1 aliphatic rings. The maximum Gasteiger partial charge on any atom is 0.318 e. The van der Waals surface area contributed by atoms with E-state index in [1.807, 2.05) is 30.0 Å². The molecule has 0 bridgehead atoms. The van der Waals surface area contributed by atoms with Crippen molar-refractivity contribution < 1.29 is 13.9 Å². The molecule has 1 atom stereocenters. The van der Waals surface area contributed by atoms with Crippen LogP contribution in [0.15, 0.2) is 22.6 Å². The molecule has 6 nitrogen and oxygen atoms in total. The fourth-order valence-corrected chi connectivity index (χ4v) is 2.93. The number of benzene rings is 1. The average molecular weight is 303 g/mol. The van der Waals surface area contributed by atoms with Crippen LogP contribution in [-0.4, -0.2) is 42.2 Å². The Bertz CT molecular complexity index is 668. The Hall–Kier alpha value is -2.08. The first-order valence-corrected chi connectivity index (χ1v) is 7.57. The van der Waals surface area contributed by atoms with Gasteiger partial charge in [-0.15, -0.1) is 0 Å². The van der Waals surface area contributed by atoms with Crippen molar-refractivity contribution in [1.29, 1.82) is 0 Å². The molecule has 3 rings (SSSR count). The standard InChI is InChI=1S/C16H21N3O3/c1-11-5-3-7-13-15(11)18-14(22-13)9-17-16(20)19-8-4-6-12(19)10-21-2/h3,5,7,12H,4,6,8-10H2,1-2H3,(H,17,20)/t12-/m0/s1. The number of urea groups is 1. The Labute approximate surface area is 129 Å². The number of carbonyl (C=O) groups excluding carboxylic acids is 1. The lowest BCUT2D eigenvalue weighted by atomic mass is 10.2. The third kappa shape index (κ3) is 2.92. The second-order valence-electron chi connectivity index (χ2n) is 5.63. The second kappa shape index (κ2) is 6.36. The molecular formula is C16H21N3O3. The van der Waals surface area contributed by atoms with E-state index in [1.165, 1.54) is 0 Å². The van der Waals surface area contributed by atoms with Gasteiger partial charge in [-0.3, -0.25) is 0 Å². The minimum absolute atomic E-state index is 0.0847. The van der Waals surface area contributed by atoms with Gasteiger partial charge in [0.2, 0.25) is 5.89 Å². The quantitative estimate of drug-likeness (QED) is 0.942. The van der Waals surface area contributed by atoms with Crippen molar-refractivity contribution >= 4 is 17.1 Å². The number of nitrogens with one attached hydrogen (secondary N) is 1. The minimum atomic E-state index is -0.0847. The Balaban J connectivity index is 1.63. The summed E-state index contributed by atoms with van der Waals surface area (Å²) in [6, 6.07) is 5.89. The van der Waals surface area contributed by atoms with Crippen LogP contribution in [0.25, 0.3) is 11.1 Å². The number of hydrogen-bond acceptors (Lipinski definition) is 4. The fraction of sp³-hybridized carbons (Fsp3) is 0.500. The number of fused-ring (bicyclic) bond motifs is 1. The number of nitrogens with zero attached hydrogens (tertiary/aromatic N) is 2. The van der Waals surface area contributed by atoms with Crippen LogP contribution in [-0.2, 0) is 11.3 Å². The lowest BCUT2D eigenvalue weighted by Crippen LogP contribution is -2.44. The van der Waals surface area contributed by atoms with Crippen LogP contribution in [0.3, 0.4) is 0 Å². The summed E-state index contributed by atoms with van der Waals surface area (Å²) in [6.07, 6.45) is 2.01. The summed E-state index contributed by atoms with van der Waals surface area (Å²) in [5, 5.41) is 2.88. The molecule has 0 spiro atoms. The van der Waals surface area contributed by atoms with Gasteiger partial charge in [0.25, 0.3) is 0 Å². The Kier molecular flexibility index (Phi) is 4.29. The van der Waals surface area contributed by atoms with Crippen LogP contribution in [0.4, 0.5) is 4.79 Å². The number of carbonyl (C=O) groups is 1. The number of rotatable bonds is 4. The molecule has 1 aromatic heterocycles. The smallest absolute Gasteiger partial charge is 0.318 e. The van der Waals surface area contributed by atoms with Crippen LogP contribution >= 0.6 is 0 Å². The van der Waals surface area contributed by atoms with Gasteiger partial charge in [-0.25, -0.2) is 9.78 Å². The van der Waals surface area contributed by atoms with E-state index in [2.05, 4.69) is 10.3 Å². The van der Waals surface area contributed by atoms with E-state index in [0.717, 1.165) is 36.0 Å². The number of aryl methyl sites for hydroxylation is 1. The average Bonchev–Trinajstić information content (AvgIpc) is 3.12. The van der Waals surface area contributed by atoms with Crippen LogP contribution < -0.4 is 5.32 Å². The van der Waals surface area contributed by atoms with Crippen LogP contribution in [0.1, 0.15) is 24.3 Å². The molecule has 2 aromatic rings. The van der Waals surface area contributed by atoms with E-state index in [-0.39, 0.29) is 12.1 Å². The summed E-state index contributed by atoms with van der Waals surface area (Å²) < 4.78 is 10.8. The van der Waals surface area contributed by atoms with Gasteiger partial charge in [-0.2, -0.15) is 0 Å². The predicted molar refractivity (Wildman–Crippen MR) is 82.6 cm³/mol. The number of hydrogen-bond donors (Lipinski definition) is 1. The van der Waals surface area contributed by atoms with Gasteiger partial charge in [0.05, 0.1) is 19.2 Å². The number of aromatic nitrogens is 1. The van der Waals surface area contributed by atoms with E-state index in [9.17, 15) is 4.79 Å². The molecular weight excluding hydrogens is 282 g/mol. The van der Waals surface area contributed by atoms with Crippen molar-refractivity contribution in [1.82, 2.24) is 15.2 Å². The molecule has 0 radical (unpaired) electrons. The highest BCUT2D eigenvalue weighted by molar-refractivity contribution is 5.77. The summed E-state index contributed by atoms with van der Waals surface area (Å²) in [5.74, 6) is 0.528. The van der Waals surface area contributed by atoms with E-state index in [0.29, 0.717) is 19.0 Å². The zero-order valence-corrected chi connectivity index (χ0v) is 13.0. The number of likely N-dealkylation sites (tertiary alicyclic amines) is 1. The highest BCUT2D eigenvalue weighted by Gasteiger charge is 2.28. The predicted octanol–water partition coefficient (Wildman–Crippen LogP) is 2.46. The zero-order valence-electron chi connectivity index (χ0n) is 13.0. The lowest BCUT2D eigenvalue weighted by molar-refractivity contribution is 0.123. The van der Waals surface area contributed by atoms with Crippen molar-refractivity contribution in [3.8, 4) is 0 Å². The number of amides is 2. The summed E-state index contributed by atoms with van der Waals surface area (Å²) in [5.41, 5.74) is 2.67. The highest BCUT2D eigenvalue weighted by Crippen LogP contribution is 2.20. The molecule has 2 heterocycles.